The highest BCUT2D eigenvalue weighted by atomic mass is 16.7. The van der Waals surface area contributed by atoms with E-state index in [9.17, 15) is 9.59 Å². The van der Waals surface area contributed by atoms with Gasteiger partial charge in [-0.3, -0.25) is 4.79 Å². The molecule has 23 heavy (non-hydrogen) atoms. The van der Waals surface area contributed by atoms with Crippen LogP contribution in [0.25, 0.3) is 12.2 Å². The van der Waals surface area contributed by atoms with Crippen LogP contribution in [-0.2, 0) is 19.1 Å². The van der Waals surface area contributed by atoms with Crippen LogP contribution in [0.4, 0.5) is 0 Å². The van der Waals surface area contributed by atoms with Gasteiger partial charge in [0.2, 0.25) is 0 Å². The van der Waals surface area contributed by atoms with Crippen LogP contribution in [0.15, 0.2) is 30.4 Å². The molecule has 1 fully saturated rings. The third-order valence-corrected chi connectivity index (χ3v) is 3.18. The smallest absolute Gasteiger partial charge is 0.328 e. The molecule has 1 aromatic heterocycles. The number of ether oxygens (including phenoxy) is 2. The number of carbonyl (C=O) groups is 2. The number of pyridine rings is 1. The molecule has 0 amide bonds. The number of carboxylic acid groups (broad SMARTS) is 1. The summed E-state index contributed by atoms with van der Waals surface area (Å²) in [6, 6.07) is 5.15. The van der Waals surface area contributed by atoms with Crippen molar-refractivity contribution in [2.75, 3.05) is 13.2 Å². The summed E-state index contributed by atoms with van der Waals surface area (Å²) in [7, 11) is 0. The number of aromatic nitrogens is 1. The fourth-order valence-electron chi connectivity index (χ4n) is 2.06. The lowest BCUT2D eigenvalue weighted by Crippen LogP contribution is -2.24. The van der Waals surface area contributed by atoms with E-state index in [1.807, 2.05) is 0 Å². The zero-order valence-electron chi connectivity index (χ0n) is 12.7. The number of nitrogens with zero attached hydrogens (tertiary/aromatic N) is 1. The monoisotopic (exact) mass is 317 g/mol. The highest BCUT2D eigenvalue weighted by Gasteiger charge is 2.14. The number of carboxylic acids is 1. The van der Waals surface area contributed by atoms with Gasteiger partial charge in [0.15, 0.2) is 12.1 Å². The Morgan fingerprint density at radius 1 is 1.26 bits per heavy atom. The van der Waals surface area contributed by atoms with Crippen LogP contribution in [-0.4, -0.2) is 41.3 Å². The van der Waals surface area contributed by atoms with Gasteiger partial charge in [0.25, 0.3) is 0 Å². The maximum Gasteiger partial charge on any atom is 0.328 e. The van der Waals surface area contributed by atoms with Gasteiger partial charge in [0.05, 0.1) is 11.4 Å². The van der Waals surface area contributed by atoms with Crippen LogP contribution in [0.5, 0.6) is 0 Å². The second-order valence-corrected chi connectivity index (χ2v) is 5.07. The molecule has 0 radical (unpaired) electrons. The Kier molecular flexibility index (Phi) is 6.65. The summed E-state index contributed by atoms with van der Waals surface area (Å²) in [5.41, 5.74) is 1.08. The van der Waals surface area contributed by atoms with Crippen LogP contribution in [0.2, 0.25) is 0 Å². The molecule has 1 aliphatic heterocycles. The van der Waals surface area contributed by atoms with Crippen molar-refractivity contribution in [2.45, 2.75) is 25.6 Å². The van der Waals surface area contributed by atoms with Crippen molar-refractivity contribution in [3.63, 3.8) is 0 Å². The van der Waals surface area contributed by atoms with E-state index in [4.69, 9.17) is 14.6 Å². The van der Waals surface area contributed by atoms with Crippen LogP contribution in [0, 0.1) is 0 Å². The number of carbonyl (C=O) groups excluding carboxylic acids is 1. The zero-order chi connectivity index (χ0) is 16.5. The second kappa shape index (κ2) is 8.97. The third-order valence-electron chi connectivity index (χ3n) is 3.18. The average Bonchev–Trinajstić information content (AvgIpc) is 2.57. The van der Waals surface area contributed by atoms with Gasteiger partial charge in [0, 0.05) is 12.7 Å². The Morgan fingerprint density at radius 2 is 2.00 bits per heavy atom. The topological polar surface area (TPSA) is 85.7 Å². The summed E-state index contributed by atoms with van der Waals surface area (Å²) in [6.07, 6.45) is 7.99. The van der Waals surface area contributed by atoms with E-state index in [2.05, 4.69) is 4.98 Å². The molecule has 2 rings (SSSR count). The van der Waals surface area contributed by atoms with Crippen LogP contribution in [0.1, 0.15) is 30.7 Å². The van der Waals surface area contributed by atoms with E-state index < -0.39 is 5.97 Å². The Labute approximate surface area is 134 Å². The number of hydrogen-bond donors (Lipinski definition) is 1. The average molecular weight is 317 g/mol. The minimum absolute atomic E-state index is 0.0280. The Hall–Kier alpha value is -2.31. The molecular weight excluding hydrogens is 298 g/mol. The third kappa shape index (κ3) is 6.54. The minimum Gasteiger partial charge on any atom is -0.478 e. The van der Waals surface area contributed by atoms with E-state index in [-0.39, 0.29) is 18.7 Å². The fraction of sp³-hybridized carbons (Fsp3) is 0.353. The molecule has 2 heterocycles. The van der Waals surface area contributed by atoms with Crippen molar-refractivity contribution in [2.24, 2.45) is 0 Å². The molecule has 0 spiro atoms. The maximum absolute atomic E-state index is 11.8. The van der Waals surface area contributed by atoms with Crippen LogP contribution in [0.3, 0.4) is 0 Å². The Balaban J connectivity index is 1.85. The van der Waals surface area contributed by atoms with E-state index in [1.165, 1.54) is 12.2 Å². The summed E-state index contributed by atoms with van der Waals surface area (Å²) < 4.78 is 10.8. The summed E-state index contributed by atoms with van der Waals surface area (Å²) in [5.74, 6) is -1.21. The van der Waals surface area contributed by atoms with Crippen LogP contribution < -0.4 is 0 Å². The summed E-state index contributed by atoms with van der Waals surface area (Å²) >= 11 is 0. The van der Waals surface area contributed by atoms with Gasteiger partial charge >= 0.3 is 5.97 Å². The molecule has 1 aromatic rings. The summed E-state index contributed by atoms with van der Waals surface area (Å²) in [6.45, 7) is 0.648. The number of aliphatic carboxylic acids is 1. The lowest BCUT2D eigenvalue weighted by molar-refractivity contribution is -0.167. The molecule has 1 N–H and O–H groups in total. The standard InChI is InChI=1S/C17H19NO5/c19-15(12-23-17-6-1-2-11-22-17)9-7-13-4-3-5-14(18-13)8-10-16(20)21/h3-5,7-10,17H,1-2,6,11-12H2,(H,20,21)/b9-7+,10-8+. The SMILES string of the molecule is O=C(O)/C=C/c1cccc(/C=C/C(=O)COC2CCCCO2)n1. The summed E-state index contributed by atoms with van der Waals surface area (Å²) in [4.78, 5) is 26.5. The van der Waals surface area contributed by atoms with Crippen molar-refractivity contribution in [3.8, 4) is 0 Å². The van der Waals surface area contributed by atoms with Crippen molar-refractivity contribution in [3.05, 3.63) is 41.7 Å². The van der Waals surface area contributed by atoms with Crippen molar-refractivity contribution >= 4 is 23.9 Å². The van der Waals surface area contributed by atoms with E-state index >= 15 is 0 Å². The maximum atomic E-state index is 11.8. The van der Waals surface area contributed by atoms with Gasteiger partial charge in [-0.05, 0) is 49.6 Å². The molecule has 0 aromatic carbocycles. The lowest BCUT2D eigenvalue weighted by atomic mass is 10.2. The predicted octanol–water partition coefficient (Wildman–Crippen LogP) is 2.30. The van der Waals surface area contributed by atoms with Crippen molar-refractivity contribution < 1.29 is 24.2 Å². The first-order chi connectivity index (χ1) is 11.1. The first-order valence-electron chi connectivity index (χ1n) is 7.46. The first-order valence-corrected chi connectivity index (χ1v) is 7.46. The molecule has 6 nitrogen and oxygen atoms in total. The highest BCUT2D eigenvalue weighted by Crippen LogP contribution is 2.13. The van der Waals surface area contributed by atoms with E-state index in [0.29, 0.717) is 18.0 Å². The molecule has 6 heteroatoms. The van der Waals surface area contributed by atoms with Crippen molar-refractivity contribution in [1.29, 1.82) is 0 Å². The Morgan fingerprint density at radius 3 is 2.65 bits per heavy atom. The molecule has 1 unspecified atom stereocenters. The number of hydrogen-bond acceptors (Lipinski definition) is 5. The molecule has 0 aliphatic carbocycles. The van der Waals surface area contributed by atoms with Crippen LogP contribution >= 0.6 is 0 Å². The summed E-state index contributed by atoms with van der Waals surface area (Å²) in [5, 5.41) is 8.59. The normalized spacial score (nSPS) is 18.5. The molecule has 1 saturated heterocycles. The highest BCUT2D eigenvalue weighted by molar-refractivity contribution is 5.94. The van der Waals surface area contributed by atoms with Gasteiger partial charge in [-0.15, -0.1) is 0 Å². The first kappa shape index (κ1) is 17.1. The van der Waals surface area contributed by atoms with Crippen molar-refractivity contribution in [1.82, 2.24) is 4.98 Å². The predicted molar refractivity (Wildman–Crippen MR) is 84.5 cm³/mol. The molecular formula is C17H19NO5. The Bertz CT molecular complexity index is 603. The van der Waals surface area contributed by atoms with E-state index in [0.717, 1.165) is 25.3 Å². The van der Waals surface area contributed by atoms with Gasteiger partial charge in [-0.2, -0.15) is 0 Å². The minimum atomic E-state index is -1.04. The molecule has 0 bridgehead atoms. The van der Waals surface area contributed by atoms with Gasteiger partial charge < -0.3 is 14.6 Å². The molecule has 122 valence electrons. The lowest BCUT2D eigenvalue weighted by Gasteiger charge is -2.21. The molecule has 0 saturated carbocycles. The fourth-order valence-corrected chi connectivity index (χ4v) is 2.06. The van der Waals surface area contributed by atoms with Gasteiger partial charge in [-0.25, -0.2) is 9.78 Å². The molecule has 1 aliphatic rings. The second-order valence-electron chi connectivity index (χ2n) is 5.07. The largest absolute Gasteiger partial charge is 0.478 e. The zero-order valence-corrected chi connectivity index (χ0v) is 12.7. The van der Waals surface area contributed by atoms with Gasteiger partial charge in [0.1, 0.15) is 6.61 Å². The quantitative estimate of drug-likeness (QED) is 0.777. The number of rotatable bonds is 7. The number of ketones is 1. The molecule has 1 atom stereocenters. The van der Waals surface area contributed by atoms with Gasteiger partial charge in [-0.1, -0.05) is 6.07 Å². The van der Waals surface area contributed by atoms with E-state index in [1.54, 1.807) is 24.3 Å².